The summed E-state index contributed by atoms with van der Waals surface area (Å²) in [5.41, 5.74) is 1.94. The van der Waals surface area contributed by atoms with Crippen LogP contribution >= 0.6 is 15.9 Å². The fraction of sp³-hybridized carbons (Fsp3) is 0.167. The quantitative estimate of drug-likeness (QED) is 0.304. The standard InChI is InChI=1S/C24H21BrO4/c1-26-14-28-21-11-7-16-5-3-4-6-19(16)23(21)24-20-10-9-18(25)13-17(20)8-12-22(24)29-15-27-2/h3-13H,14-15H2,1-2H3. The number of halogens is 1. The van der Waals surface area contributed by atoms with Gasteiger partial charge in [-0.15, -0.1) is 0 Å². The van der Waals surface area contributed by atoms with Crippen LogP contribution in [0.1, 0.15) is 0 Å². The zero-order chi connectivity index (χ0) is 20.2. The maximum absolute atomic E-state index is 5.97. The molecule has 148 valence electrons. The van der Waals surface area contributed by atoms with Gasteiger partial charge in [-0.05, 0) is 45.8 Å². The summed E-state index contributed by atoms with van der Waals surface area (Å²) >= 11 is 3.57. The summed E-state index contributed by atoms with van der Waals surface area (Å²) in [7, 11) is 3.23. The van der Waals surface area contributed by atoms with E-state index in [4.69, 9.17) is 18.9 Å². The van der Waals surface area contributed by atoms with E-state index >= 15 is 0 Å². The maximum atomic E-state index is 5.97. The van der Waals surface area contributed by atoms with Gasteiger partial charge in [-0.3, -0.25) is 0 Å². The Morgan fingerprint density at radius 2 is 1.24 bits per heavy atom. The van der Waals surface area contributed by atoms with Crippen LogP contribution < -0.4 is 9.47 Å². The van der Waals surface area contributed by atoms with Gasteiger partial charge >= 0.3 is 0 Å². The lowest BCUT2D eigenvalue weighted by molar-refractivity contribution is 0.0502. The second kappa shape index (κ2) is 8.82. The fourth-order valence-corrected chi connectivity index (χ4v) is 3.91. The average molecular weight is 453 g/mol. The number of fused-ring (bicyclic) bond motifs is 2. The number of hydrogen-bond donors (Lipinski definition) is 0. The third-order valence-electron chi connectivity index (χ3n) is 4.75. The SMILES string of the molecule is COCOc1ccc2ccccc2c1-c1c(OCOC)ccc2cc(Br)ccc12. The van der Waals surface area contributed by atoms with Crippen LogP contribution in [0.2, 0.25) is 0 Å². The molecule has 0 bridgehead atoms. The predicted molar refractivity (Wildman–Crippen MR) is 120 cm³/mol. The summed E-state index contributed by atoms with van der Waals surface area (Å²) in [5, 5.41) is 4.38. The topological polar surface area (TPSA) is 36.9 Å². The van der Waals surface area contributed by atoms with Crippen molar-refractivity contribution < 1.29 is 18.9 Å². The minimum absolute atomic E-state index is 0.161. The summed E-state index contributed by atoms with van der Waals surface area (Å²) in [6.07, 6.45) is 0. The minimum atomic E-state index is 0.161. The number of methoxy groups -OCH3 is 2. The Bertz CT molecular complexity index is 1160. The molecule has 0 saturated heterocycles. The second-order valence-corrected chi connectivity index (χ2v) is 7.48. The van der Waals surface area contributed by atoms with Gasteiger partial charge in [0.05, 0.1) is 0 Å². The van der Waals surface area contributed by atoms with E-state index < -0.39 is 0 Å². The Hall–Kier alpha value is -2.60. The van der Waals surface area contributed by atoms with Crippen molar-refractivity contribution in [3.8, 4) is 22.6 Å². The molecule has 4 rings (SSSR count). The lowest BCUT2D eigenvalue weighted by atomic mass is 9.92. The molecule has 0 unspecified atom stereocenters. The van der Waals surface area contributed by atoms with Gasteiger partial charge in [0.2, 0.25) is 0 Å². The second-order valence-electron chi connectivity index (χ2n) is 6.57. The molecule has 29 heavy (non-hydrogen) atoms. The first-order valence-electron chi connectivity index (χ1n) is 9.21. The third kappa shape index (κ3) is 3.94. The van der Waals surface area contributed by atoms with Crippen LogP contribution in [-0.2, 0) is 9.47 Å². The normalized spacial score (nSPS) is 11.1. The van der Waals surface area contributed by atoms with Crippen molar-refractivity contribution in [2.75, 3.05) is 27.8 Å². The summed E-state index contributed by atoms with van der Waals surface area (Å²) < 4.78 is 23.3. The molecule has 0 N–H and O–H groups in total. The first kappa shape index (κ1) is 19.7. The fourth-order valence-electron chi connectivity index (χ4n) is 3.53. The van der Waals surface area contributed by atoms with Crippen molar-refractivity contribution in [1.82, 2.24) is 0 Å². The van der Waals surface area contributed by atoms with E-state index in [2.05, 4.69) is 52.3 Å². The van der Waals surface area contributed by atoms with Crippen molar-refractivity contribution in [1.29, 1.82) is 0 Å². The molecule has 0 radical (unpaired) electrons. The highest BCUT2D eigenvalue weighted by Crippen LogP contribution is 2.45. The Balaban J connectivity index is 2.08. The summed E-state index contributed by atoms with van der Waals surface area (Å²) in [4.78, 5) is 0. The molecule has 0 aliphatic heterocycles. The van der Waals surface area contributed by atoms with Crippen LogP contribution in [0.5, 0.6) is 11.5 Å². The van der Waals surface area contributed by atoms with Gasteiger partial charge in [0, 0.05) is 29.8 Å². The van der Waals surface area contributed by atoms with Crippen molar-refractivity contribution >= 4 is 37.5 Å². The van der Waals surface area contributed by atoms with E-state index in [0.29, 0.717) is 0 Å². The number of ether oxygens (including phenoxy) is 4. The zero-order valence-electron chi connectivity index (χ0n) is 16.3. The maximum Gasteiger partial charge on any atom is 0.188 e. The van der Waals surface area contributed by atoms with Gasteiger partial charge in [0.15, 0.2) is 13.6 Å². The van der Waals surface area contributed by atoms with E-state index in [-0.39, 0.29) is 13.6 Å². The van der Waals surface area contributed by atoms with Crippen LogP contribution in [0.3, 0.4) is 0 Å². The third-order valence-corrected chi connectivity index (χ3v) is 5.24. The zero-order valence-corrected chi connectivity index (χ0v) is 17.9. The molecule has 4 nitrogen and oxygen atoms in total. The molecule has 0 aliphatic rings. The lowest BCUT2D eigenvalue weighted by Gasteiger charge is -2.19. The van der Waals surface area contributed by atoms with Gasteiger partial charge in [-0.2, -0.15) is 0 Å². The first-order chi connectivity index (χ1) is 14.2. The Kier molecular flexibility index (Phi) is 6.00. The Morgan fingerprint density at radius 1 is 0.655 bits per heavy atom. The number of benzene rings is 4. The van der Waals surface area contributed by atoms with Crippen LogP contribution in [0, 0.1) is 0 Å². The average Bonchev–Trinajstić information content (AvgIpc) is 2.75. The van der Waals surface area contributed by atoms with E-state index in [1.807, 2.05) is 30.3 Å². The Labute approximate surface area is 178 Å². The molecule has 5 heteroatoms. The van der Waals surface area contributed by atoms with Gasteiger partial charge < -0.3 is 18.9 Å². The molecule has 0 saturated carbocycles. The predicted octanol–water partition coefficient (Wildman–Crippen LogP) is 6.39. The van der Waals surface area contributed by atoms with E-state index in [9.17, 15) is 0 Å². The lowest BCUT2D eigenvalue weighted by Crippen LogP contribution is -2.03. The van der Waals surface area contributed by atoms with Crippen molar-refractivity contribution in [2.45, 2.75) is 0 Å². The van der Waals surface area contributed by atoms with Crippen molar-refractivity contribution in [2.24, 2.45) is 0 Å². The van der Waals surface area contributed by atoms with Crippen LogP contribution in [0.4, 0.5) is 0 Å². The summed E-state index contributed by atoms with van der Waals surface area (Å²) in [6, 6.07) is 22.5. The molecule has 4 aromatic rings. The highest BCUT2D eigenvalue weighted by molar-refractivity contribution is 9.10. The molecular formula is C24H21BrO4. The van der Waals surface area contributed by atoms with Gasteiger partial charge in [-0.1, -0.05) is 58.4 Å². The first-order valence-corrected chi connectivity index (χ1v) is 10.00. The molecule has 0 heterocycles. The highest BCUT2D eigenvalue weighted by Gasteiger charge is 2.19. The van der Waals surface area contributed by atoms with Gasteiger partial charge in [-0.25, -0.2) is 0 Å². The molecule has 0 fully saturated rings. The van der Waals surface area contributed by atoms with E-state index in [0.717, 1.165) is 48.6 Å². The van der Waals surface area contributed by atoms with Crippen LogP contribution in [0.25, 0.3) is 32.7 Å². The smallest absolute Gasteiger partial charge is 0.188 e. The monoisotopic (exact) mass is 452 g/mol. The van der Waals surface area contributed by atoms with Crippen molar-refractivity contribution in [3.63, 3.8) is 0 Å². The van der Waals surface area contributed by atoms with Crippen LogP contribution in [-0.4, -0.2) is 27.8 Å². The van der Waals surface area contributed by atoms with Crippen molar-refractivity contribution in [3.05, 3.63) is 71.2 Å². The molecule has 4 aromatic carbocycles. The van der Waals surface area contributed by atoms with Crippen LogP contribution in [0.15, 0.2) is 71.2 Å². The van der Waals surface area contributed by atoms with E-state index in [1.165, 1.54) is 0 Å². The molecule has 0 aliphatic carbocycles. The van der Waals surface area contributed by atoms with Gasteiger partial charge in [0.25, 0.3) is 0 Å². The minimum Gasteiger partial charge on any atom is -0.467 e. The van der Waals surface area contributed by atoms with Gasteiger partial charge in [0.1, 0.15) is 11.5 Å². The number of rotatable bonds is 7. The molecule has 0 atom stereocenters. The largest absolute Gasteiger partial charge is 0.467 e. The molecule has 0 spiro atoms. The molecular weight excluding hydrogens is 432 g/mol. The van der Waals surface area contributed by atoms with E-state index in [1.54, 1.807) is 14.2 Å². The Morgan fingerprint density at radius 3 is 1.90 bits per heavy atom. The highest BCUT2D eigenvalue weighted by atomic mass is 79.9. The summed E-state index contributed by atoms with van der Waals surface area (Å²) in [6.45, 7) is 0.323. The number of hydrogen-bond acceptors (Lipinski definition) is 4. The summed E-state index contributed by atoms with van der Waals surface area (Å²) in [5.74, 6) is 1.48. The molecule has 0 amide bonds. The molecule has 0 aromatic heterocycles.